The van der Waals surface area contributed by atoms with Crippen molar-refractivity contribution in [2.75, 3.05) is 33.2 Å². The van der Waals surface area contributed by atoms with Gasteiger partial charge in [-0.1, -0.05) is 0 Å². The van der Waals surface area contributed by atoms with Crippen molar-refractivity contribution in [2.24, 2.45) is 11.7 Å². The van der Waals surface area contributed by atoms with Gasteiger partial charge in [0.2, 0.25) is 10.0 Å². The summed E-state index contributed by atoms with van der Waals surface area (Å²) in [6, 6.07) is 3.51. The Balaban J connectivity index is 1.93. The summed E-state index contributed by atoms with van der Waals surface area (Å²) in [5.41, 5.74) is 5.47. The first-order valence-electron chi connectivity index (χ1n) is 6.48. The molecular weight excluding hydrogens is 282 g/mol. The lowest BCUT2D eigenvalue weighted by Crippen LogP contribution is -2.30. The third-order valence-corrected chi connectivity index (χ3v) is 6.40. The van der Waals surface area contributed by atoms with Gasteiger partial charge in [0.1, 0.15) is 4.21 Å². The third kappa shape index (κ3) is 4.00. The Hall–Kier alpha value is -0.470. The fraction of sp³-hybridized carbons (Fsp3) is 0.667. The normalized spacial score (nSPS) is 21.1. The molecule has 0 radical (unpaired) electrons. The predicted molar refractivity (Wildman–Crippen MR) is 77.9 cm³/mol. The Kier molecular flexibility index (Phi) is 4.97. The minimum Gasteiger partial charge on any atom is -0.330 e. The highest BCUT2D eigenvalue weighted by molar-refractivity contribution is 7.91. The SMILES string of the molecule is CN1CCC(CNS(=O)(=O)c2ccc(CCN)s2)C1. The number of sulfonamides is 1. The molecule has 1 unspecified atom stereocenters. The molecule has 2 rings (SSSR count). The zero-order valence-corrected chi connectivity index (χ0v) is 12.8. The molecule has 2 heterocycles. The minimum atomic E-state index is -3.35. The van der Waals surface area contributed by atoms with E-state index in [0.717, 1.165) is 30.8 Å². The van der Waals surface area contributed by atoms with Crippen LogP contribution in [0.3, 0.4) is 0 Å². The maximum atomic E-state index is 12.1. The average molecular weight is 303 g/mol. The van der Waals surface area contributed by atoms with E-state index in [-0.39, 0.29) is 0 Å². The highest BCUT2D eigenvalue weighted by Gasteiger charge is 2.23. The number of thiophene rings is 1. The van der Waals surface area contributed by atoms with E-state index in [9.17, 15) is 8.42 Å². The smallest absolute Gasteiger partial charge is 0.250 e. The second-order valence-corrected chi connectivity index (χ2v) is 8.19. The van der Waals surface area contributed by atoms with Crippen LogP contribution in [0.25, 0.3) is 0 Å². The molecule has 0 aliphatic carbocycles. The molecule has 1 aliphatic rings. The van der Waals surface area contributed by atoms with Gasteiger partial charge in [-0.05, 0) is 51.0 Å². The zero-order valence-electron chi connectivity index (χ0n) is 11.1. The number of rotatable bonds is 6. The molecule has 0 amide bonds. The number of nitrogens with zero attached hydrogens (tertiary/aromatic N) is 1. The quantitative estimate of drug-likeness (QED) is 0.801. The van der Waals surface area contributed by atoms with Crippen LogP contribution in [0.5, 0.6) is 0 Å². The van der Waals surface area contributed by atoms with Crippen molar-refractivity contribution in [3.8, 4) is 0 Å². The molecule has 5 nitrogen and oxygen atoms in total. The Morgan fingerprint density at radius 2 is 2.32 bits per heavy atom. The second-order valence-electron chi connectivity index (χ2n) is 5.03. The highest BCUT2D eigenvalue weighted by atomic mass is 32.2. The van der Waals surface area contributed by atoms with Crippen molar-refractivity contribution >= 4 is 21.4 Å². The van der Waals surface area contributed by atoms with E-state index in [1.807, 2.05) is 6.07 Å². The monoisotopic (exact) mass is 303 g/mol. The van der Waals surface area contributed by atoms with Crippen molar-refractivity contribution in [3.63, 3.8) is 0 Å². The second kappa shape index (κ2) is 6.32. The van der Waals surface area contributed by atoms with E-state index in [1.165, 1.54) is 11.3 Å². The Labute approximate surface area is 118 Å². The van der Waals surface area contributed by atoms with Crippen LogP contribution in [0, 0.1) is 5.92 Å². The molecule has 7 heteroatoms. The van der Waals surface area contributed by atoms with Crippen LogP contribution in [0.15, 0.2) is 16.3 Å². The summed E-state index contributed by atoms with van der Waals surface area (Å²) in [4.78, 5) is 3.24. The van der Waals surface area contributed by atoms with Gasteiger partial charge in [0.15, 0.2) is 0 Å². The topological polar surface area (TPSA) is 75.4 Å². The van der Waals surface area contributed by atoms with Gasteiger partial charge in [0.05, 0.1) is 0 Å². The summed E-state index contributed by atoms with van der Waals surface area (Å²) in [7, 11) is -1.29. The first-order valence-corrected chi connectivity index (χ1v) is 8.78. The van der Waals surface area contributed by atoms with Crippen LogP contribution in [0.4, 0.5) is 0 Å². The zero-order chi connectivity index (χ0) is 13.9. The summed E-state index contributed by atoms with van der Waals surface area (Å²) in [6.45, 7) is 3.08. The molecule has 1 aliphatic heterocycles. The van der Waals surface area contributed by atoms with Crippen molar-refractivity contribution in [3.05, 3.63) is 17.0 Å². The molecule has 108 valence electrons. The van der Waals surface area contributed by atoms with E-state index in [0.29, 0.717) is 23.2 Å². The summed E-state index contributed by atoms with van der Waals surface area (Å²) in [5, 5.41) is 0. The van der Waals surface area contributed by atoms with E-state index in [1.54, 1.807) is 6.07 Å². The summed E-state index contributed by atoms with van der Waals surface area (Å²) < 4.78 is 27.4. The number of likely N-dealkylation sites (tertiary alicyclic amines) is 1. The molecule has 1 atom stereocenters. The van der Waals surface area contributed by atoms with Gasteiger partial charge >= 0.3 is 0 Å². The van der Waals surface area contributed by atoms with Gasteiger partial charge in [-0.2, -0.15) is 0 Å². The van der Waals surface area contributed by atoms with Gasteiger partial charge in [0.25, 0.3) is 0 Å². The molecule has 1 aromatic heterocycles. The molecule has 0 aromatic carbocycles. The maximum Gasteiger partial charge on any atom is 0.250 e. The standard InChI is InChI=1S/C12H21N3O2S2/c1-15-7-5-10(9-15)8-14-19(16,17)12-3-2-11(18-12)4-6-13/h2-3,10,14H,4-9,13H2,1H3. The number of hydrogen-bond donors (Lipinski definition) is 2. The van der Waals surface area contributed by atoms with Crippen molar-refractivity contribution in [1.29, 1.82) is 0 Å². The molecule has 0 bridgehead atoms. The predicted octanol–water partition coefficient (Wildman–Crippen LogP) is 0.479. The van der Waals surface area contributed by atoms with Crippen LogP contribution in [0.2, 0.25) is 0 Å². The van der Waals surface area contributed by atoms with Crippen molar-refractivity contribution in [1.82, 2.24) is 9.62 Å². The first kappa shape index (κ1) is 14.9. The number of nitrogens with one attached hydrogen (secondary N) is 1. The van der Waals surface area contributed by atoms with Gasteiger partial charge in [-0.15, -0.1) is 11.3 Å². The van der Waals surface area contributed by atoms with Crippen LogP contribution < -0.4 is 10.5 Å². The summed E-state index contributed by atoms with van der Waals surface area (Å²) in [6.07, 6.45) is 1.79. The van der Waals surface area contributed by atoms with Crippen LogP contribution in [0.1, 0.15) is 11.3 Å². The van der Waals surface area contributed by atoms with Crippen LogP contribution >= 0.6 is 11.3 Å². The van der Waals surface area contributed by atoms with Crippen LogP contribution in [-0.4, -0.2) is 46.5 Å². The molecule has 1 aromatic rings. The molecule has 1 saturated heterocycles. The molecule has 3 N–H and O–H groups in total. The lowest BCUT2D eigenvalue weighted by molar-refractivity contribution is 0.394. The van der Waals surface area contributed by atoms with E-state index in [2.05, 4.69) is 16.7 Å². The van der Waals surface area contributed by atoms with Gasteiger partial charge in [-0.3, -0.25) is 0 Å². The highest BCUT2D eigenvalue weighted by Crippen LogP contribution is 2.22. The summed E-state index contributed by atoms with van der Waals surface area (Å²) in [5.74, 6) is 0.420. The molecule has 0 spiro atoms. The van der Waals surface area contributed by atoms with Gasteiger partial charge < -0.3 is 10.6 Å². The van der Waals surface area contributed by atoms with Gasteiger partial charge in [0, 0.05) is 18.0 Å². The Morgan fingerprint density at radius 1 is 1.53 bits per heavy atom. The van der Waals surface area contributed by atoms with Gasteiger partial charge in [-0.25, -0.2) is 13.1 Å². The van der Waals surface area contributed by atoms with Crippen LogP contribution in [-0.2, 0) is 16.4 Å². The van der Waals surface area contributed by atoms with Crippen molar-refractivity contribution in [2.45, 2.75) is 17.1 Å². The third-order valence-electron chi connectivity index (χ3n) is 3.34. The van der Waals surface area contributed by atoms with E-state index in [4.69, 9.17) is 5.73 Å². The first-order chi connectivity index (χ1) is 9.01. The lowest BCUT2D eigenvalue weighted by atomic mass is 10.1. The largest absolute Gasteiger partial charge is 0.330 e. The minimum absolute atomic E-state index is 0.391. The maximum absolute atomic E-state index is 12.1. The Bertz CT molecular complexity index is 513. The molecule has 0 saturated carbocycles. The Morgan fingerprint density at radius 3 is 2.95 bits per heavy atom. The fourth-order valence-electron chi connectivity index (χ4n) is 2.27. The van der Waals surface area contributed by atoms with E-state index < -0.39 is 10.0 Å². The number of nitrogens with two attached hydrogens (primary N) is 1. The molecule has 19 heavy (non-hydrogen) atoms. The molecular formula is C12H21N3O2S2. The average Bonchev–Trinajstić information content (AvgIpc) is 2.97. The lowest BCUT2D eigenvalue weighted by Gasteiger charge is -2.11. The summed E-state index contributed by atoms with van der Waals surface area (Å²) >= 11 is 1.31. The number of hydrogen-bond acceptors (Lipinski definition) is 5. The van der Waals surface area contributed by atoms with E-state index >= 15 is 0 Å². The van der Waals surface area contributed by atoms with Crippen molar-refractivity contribution < 1.29 is 8.42 Å². The fourth-order valence-corrected chi connectivity index (χ4v) is 4.80. The molecule has 1 fully saturated rings.